The van der Waals surface area contributed by atoms with Crippen molar-refractivity contribution in [3.05, 3.63) is 16.5 Å². The summed E-state index contributed by atoms with van der Waals surface area (Å²) in [4.78, 5) is 36.6. The maximum atomic E-state index is 11.8. The van der Waals surface area contributed by atoms with Crippen molar-refractivity contribution in [1.29, 1.82) is 0 Å². The van der Waals surface area contributed by atoms with Crippen LogP contribution in [0.25, 0.3) is 0 Å². The van der Waals surface area contributed by atoms with Crippen molar-refractivity contribution in [2.24, 2.45) is 5.73 Å². The van der Waals surface area contributed by atoms with E-state index in [0.717, 1.165) is 16.2 Å². The van der Waals surface area contributed by atoms with Gasteiger partial charge in [-0.15, -0.1) is 11.3 Å². The molecule has 0 saturated carbocycles. The highest BCUT2D eigenvalue weighted by Crippen LogP contribution is 2.32. The highest BCUT2D eigenvalue weighted by Gasteiger charge is 2.26. The average molecular weight is 284 g/mol. The fraction of sp³-hybridized carbons (Fsp3) is 0.417. The Kier molecular flexibility index (Phi) is 5.20. The van der Waals surface area contributed by atoms with Crippen LogP contribution in [0.1, 0.15) is 36.0 Å². The summed E-state index contributed by atoms with van der Waals surface area (Å²) in [5.74, 6) is -1.48. The Labute approximate surface area is 115 Å². The van der Waals surface area contributed by atoms with Crippen LogP contribution in [0.15, 0.2) is 6.07 Å². The summed E-state index contributed by atoms with van der Waals surface area (Å²) in [6.45, 7) is 4.64. The molecule has 19 heavy (non-hydrogen) atoms. The second-order valence-corrected chi connectivity index (χ2v) is 4.84. The Bertz CT molecular complexity index is 496. The Morgan fingerprint density at radius 3 is 2.32 bits per heavy atom. The number of thiophene rings is 1. The first kappa shape index (κ1) is 15.3. The number of ether oxygens (including phenoxy) is 1. The van der Waals surface area contributed by atoms with Gasteiger partial charge in [0.1, 0.15) is 5.00 Å². The third-order valence-corrected chi connectivity index (χ3v) is 3.44. The van der Waals surface area contributed by atoms with Crippen LogP contribution in [-0.2, 0) is 20.9 Å². The van der Waals surface area contributed by atoms with E-state index in [1.807, 2.05) is 0 Å². The fourth-order valence-electron chi connectivity index (χ4n) is 1.56. The van der Waals surface area contributed by atoms with E-state index in [1.165, 1.54) is 13.8 Å². The molecule has 0 radical (unpaired) electrons. The van der Waals surface area contributed by atoms with Crippen molar-refractivity contribution in [3.8, 4) is 0 Å². The van der Waals surface area contributed by atoms with Gasteiger partial charge in [0.15, 0.2) is 0 Å². The molecule has 1 aromatic heterocycles. The molecule has 0 aliphatic rings. The molecule has 7 heteroatoms. The van der Waals surface area contributed by atoms with Gasteiger partial charge in [-0.2, -0.15) is 0 Å². The first-order chi connectivity index (χ1) is 8.92. The molecule has 1 heterocycles. The van der Waals surface area contributed by atoms with Gasteiger partial charge in [-0.05, 0) is 13.0 Å². The van der Waals surface area contributed by atoms with Crippen LogP contribution in [0.5, 0.6) is 0 Å². The van der Waals surface area contributed by atoms with Crippen LogP contribution in [0, 0.1) is 0 Å². The molecule has 1 aromatic rings. The van der Waals surface area contributed by atoms with Crippen molar-refractivity contribution >= 4 is 34.1 Å². The van der Waals surface area contributed by atoms with E-state index in [4.69, 9.17) is 10.5 Å². The molecule has 0 fully saturated rings. The number of rotatable bonds is 4. The molecule has 0 atom stereocenters. The molecule has 0 spiro atoms. The second-order valence-electron chi connectivity index (χ2n) is 3.73. The largest absolute Gasteiger partial charge is 0.462 e. The number of anilines is 1. The first-order valence-corrected chi connectivity index (χ1v) is 6.55. The standard InChI is InChI=1S/C12H16N2O4S/c1-4-18-12(17)10-5-9(6-13)19-11(10)14(7(2)15)8(3)16/h5H,4,6,13H2,1-3H3. The Balaban J connectivity index is 3.31. The van der Waals surface area contributed by atoms with Gasteiger partial charge in [-0.1, -0.05) is 0 Å². The minimum absolute atomic E-state index is 0.192. The lowest BCUT2D eigenvalue weighted by Crippen LogP contribution is -2.33. The number of hydrogen-bond donors (Lipinski definition) is 1. The lowest BCUT2D eigenvalue weighted by molar-refractivity contribution is -0.124. The molecular weight excluding hydrogens is 268 g/mol. The third-order valence-electron chi connectivity index (χ3n) is 2.29. The van der Waals surface area contributed by atoms with Crippen LogP contribution in [-0.4, -0.2) is 24.4 Å². The first-order valence-electron chi connectivity index (χ1n) is 5.73. The molecule has 104 valence electrons. The van der Waals surface area contributed by atoms with Gasteiger partial charge in [-0.3, -0.25) is 9.59 Å². The Morgan fingerprint density at radius 1 is 1.32 bits per heavy atom. The molecule has 0 unspecified atom stereocenters. The summed E-state index contributed by atoms with van der Waals surface area (Å²) in [5.41, 5.74) is 5.72. The highest BCUT2D eigenvalue weighted by molar-refractivity contribution is 7.17. The molecular formula is C12H16N2O4S. The summed E-state index contributed by atoms with van der Waals surface area (Å²) in [6, 6.07) is 1.55. The maximum absolute atomic E-state index is 11.8. The molecule has 0 saturated heterocycles. The molecule has 1 rings (SSSR count). The second kappa shape index (κ2) is 6.44. The number of nitrogens with two attached hydrogens (primary N) is 1. The lowest BCUT2D eigenvalue weighted by Gasteiger charge is -2.16. The number of nitrogens with zero attached hydrogens (tertiary/aromatic N) is 1. The zero-order chi connectivity index (χ0) is 14.6. The molecule has 2 amide bonds. The van der Waals surface area contributed by atoms with Crippen molar-refractivity contribution in [3.63, 3.8) is 0 Å². The van der Waals surface area contributed by atoms with Gasteiger partial charge in [0.25, 0.3) is 0 Å². The average Bonchev–Trinajstić information content (AvgIpc) is 2.72. The smallest absolute Gasteiger partial charge is 0.341 e. The number of hydrogen-bond acceptors (Lipinski definition) is 6. The van der Waals surface area contributed by atoms with Crippen molar-refractivity contribution in [2.75, 3.05) is 11.5 Å². The highest BCUT2D eigenvalue weighted by atomic mass is 32.1. The quantitative estimate of drug-likeness (QED) is 0.841. The monoisotopic (exact) mass is 284 g/mol. The lowest BCUT2D eigenvalue weighted by atomic mass is 10.2. The minimum atomic E-state index is -0.569. The molecule has 6 nitrogen and oxygen atoms in total. The number of imide groups is 1. The summed E-state index contributed by atoms with van der Waals surface area (Å²) in [7, 11) is 0. The normalized spacial score (nSPS) is 10.1. The maximum Gasteiger partial charge on any atom is 0.341 e. The van der Waals surface area contributed by atoms with Crippen LogP contribution in [0.4, 0.5) is 5.00 Å². The van der Waals surface area contributed by atoms with E-state index in [-0.39, 0.29) is 23.7 Å². The predicted molar refractivity (Wildman–Crippen MR) is 72.0 cm³/mol. The van der Waals surface area contributed by atoms with Gasteiger partial charge in [0, 0.05) is 25.3 Å². The summed E-state index contributed by atoms with van der Waals surface area (Å²) in [6.07, 6.45) is 0. The van der Waals surface area contributed by atoms with Gasteiger partial charge >= 0.3 is 5.97 Å². The number of carbonyl (C=O) groups excluding carboxylic acids is 3. The van der Waals surface area contributed by atoms with E-state index >= 15 is 0 Å². The van der Waals surface area contributed by atoms with Gasteiger partial charge in [-0.25, -0.2) is 9.69 Å². The van der Waals surface area contributed by atoms with Gasteiger partial charge in [0.05, 0.1) is 12.2 Å². The van der Waals surface area contributed by atoms with Crippen LogP contribution >= 0.6 is 11.3 Å². The third kappa shape index (κ3) is 3.39. The zero-order valence-corrected chi connectivity index (χ0v) is 11.9. The van der Waals surface area contributed by atoms with Crippen LogP contribution in [0.2, 0.25) is 0 Å². The fourth-order valence-corrected chi connectivity index (χ4v) is 2.67. The van der Waals surface area contributed by atoms with Crippen LogP contribution < -0.4 is 10.6 Å². The topological polar surface area (TPSA) is 89.7 Å². The predicted octanol–water partition coefficient (Wildman–Crippen LogP) is 1.28. The summed E-state index contributed by atoms with van der Waals surface area (Å²) in [5, 5.41) is 0.263. The van der Waals surface area contributed by atoms with E-state index in [1.54, 1.807) is 13.0 Å². The van der Waals surface area contributed by atoms with E-state index in [0.29, 0.717) is 4.88 Å². The molecule has 0 aliphatic heterocycles. The molecule has 0 aromatic carbocycles. The minimum Gasteiger partial charge on any atom is -0.462 e. The van der Waals surface area contributed by atoms with Gasteiger partial charge < -0.3 is 10.5 Å². The summed E-state index contributed by atoms with van der Waals surface area (Å²) < 4.78 is 4.91. The van der Waals surface area contributed by atoms with Gasteiger partial charge in [0.2, 0.25) is 11.8 Å². The Hall–Kier alpha value is -1.73. The molecule has 2 N–H and O–H groups in total. The molecule has 0 aliphatic carbocycles. The SMILES string of the molecule is CCOC(=O)c1cc(CN)sc1N(C(C)=O)C(C)=O. The van der Waals surface area contributed by atoms with Crippen LogP contribution in [0.3, 0.4) is 0 Å². The van der Waals surface area contributed by atoms with E-state index in [9.17, 15) is 14.4 Å². The Morgan fingerprint density at radius 2 is 1.89 bits per heavy atom. The summed E-state index contributed by atoms with van der Waals surface area (Å²) >= 11 is 1.14. The zero-order valence-electron chi connectivity index (χ0n) is 11.1. The van der Waals surface area contributed by atoms with Crippen molar-refractivity contribution < 1.29 is 19.1 Å². The number of esters is 1. The van der Waals surface area contributed by atoms with Crippen molar-refractivity contribution in [1.82, 2.24) is 0 Å². The van der Waals surface area contributed by atoms with E-state index in [2.05, 4.69) is 0 Å². The number of amides is 2. The van der Waals surface area contributed by atoms with E-state index < -0.39 is 17.8 Å². The number of carbonyl (C=O) groups is 3. The molecule has 0 bridgehead atoms. The van der Waals surface area contributed by atoms with Crippen molar-refractivity contribution in [2.45, 2.75) is 27.3 Å².